The zero-order valence-corrected chi connectivity index (χ0v) is 14.6. The minimum absolute atomic E-state index is 0.0466. The van der Waals surface area contributed by atoms with E-state index < -0.39 is 0 Å². The summed E-state index contributed by atoms with van der Waals surface area (Å²) in [5.74, 6) is 1.75. The molecule has 4 heteroatoms. The molecule has 0 aromatic heterocycles. The maximum absolute atomic E-state index is 12.0. The molecule has 0 spiro atoms. The lowest BCUT2D eigenvalue weighted by Crippen LogP contribution is -2.23. The third-order valence-corrected chi connectivity index (χ3v) is 3.80. The van der Waals surface area contributed by atoms with Crippen molar-refractivity contribution < 1.29 is 14.3 Å². The van der Waals surface area contributed by atoms with Crippen LogP contribution in [-0.4, -0.2) is 19.6 Å². The summed E-state index contributed by atoms with van der Waals surface area (Å²) in [4.78, 5) is 12.0. The lowest BCUT2D eigenvalue weighted by Gasteiger charge is -2.09. The second-order valence-corrected chi connectivity index (χ2v) is 5.66. The molecule has 2 rings (SSSR count). The van der Waals surface area contributed by atoms with E-state index in [1.807, 2.05) is 50.2 Å². The Morgan fingerprint density at radius 1 is 1.12 bits per heavy atom. The third kappa shape index (κ3) is 5.30. The van der Waals surface area contributed by atoms with Gasteiger partial charge in [-0.05, 0) is 55.2 Å². The van der Waals surface area contributed by atoms with E-state index in [2.05, 4.69) is 11.4 Å². The van der Waals surface area contributed by atoms with E-state index >= 15 is 0 Å². The van der Waals surface area contributed by atoms with Gasteiger partial charge in [-0.2, -0.15) is 0 Å². The summed E-state index contributed by atoms with van der Waals surface area (Å²) in [6.07, 6.45) is 1.19. The van der Waals surface area contributed by atoms with Crippen LogP contribution >= 0.6 is 0 Å². The molecule has 0 aliphatic heterocycles. The summed E-state index contributed by atoms with van der Waals surface area (Å²) in [6, 6.07) is 13.8. The van der Waals surface area contributed by atoms with Crippen molar-refractivity contribution in [2.45, 2.75) is 33.2 Å². The largest absolute Gasteiger partial charge is 0.496 e. The van der Waals surface area contributed by atoms with Crippen LogP contribution in [0.15, 0.2) is 42.5 Å². The first-order chi connectivity index (χ1) is 11.6. The quantitative estimate of drug-likeness (QED) is 0.805. The Morgan fingerprint density at radius 2 is 1.96 bits per heavy atom. The standard InChI is InChI=1S/C20H25NO3/c1-4-24-18-7-5-6-17(13-18)14-21-20(22)11-9-16-8-10-19(23-3)15(2)12-16/h5-8,10,12-13H,4,9,11,14H2,1-3H3,(H,21,22). The van der Waals surface area contributed by atoms with E-state index in [-0.39, 0.29) is 5.91 Å². The Bertz CT molecular complexity index is 682. The number of carbonyl (C=O) groups excluding carboxylic acids is 1. The average Bonchev–Trinajstić information content (AvgIpc) is 2.59. The summed E-state index contributed by atoms with van der Waals surface area (Å²) in [6.45, 7) is 5.11. The summed E-state index contributed by atoms with van der Waals surface area (Å²) in [5, 5.41) is 2.96. The normalized spacial score (nSPS) is 10.3. The van der Waals surface area contributed by atoms with Crippen molar-refractivity contribution >= 4 is 5.91 Å². The molecular formula is C20H25NO3. The van der Waals surface area contributed by atoms with Crippen LogP contribution in [0.2, 0.25) is 0 Å². The van der Waals surface area contributed by atoms with E-state index in [9.17, 15) is 4.79 Å². The molecule has 1 N–H and O–H groups in total. The third-order valence-electron chi connectivity index (χ3n) is 3.80. The van der Waals surface area contributed by atoms with Gasteiger partial charge >= 0.3 is 0 Å². The Kier molecular flexibility index (Phi) is 6.67. The number of hydrogen-bond acceptors (Lipinski definition) is 3. The van der Waals surface area contributed by atoms with Crippen LogP contribution in [-0.2, 0) is 17.8 Å². The molecule has 2 aromatic carbocycles. The van der Waals surface area contributed by atoms with Crippen molar-refractivity contribution in [2.24, 2.45) is 0 Å². The maximum atomic E-state index is 12.0. The van der Waals surface area contributed by atoms with Crippen LogP contribution in [0.4, 0.5) is 0 Å². The molecule has 0 aliphatic carbocycles. The zero-order valence-electron chi connectivity index (χ0n) is 14.6. The second kappa shape index (κ2) is 8.96. The smallest absolute Gasteiger partial charge is 0.220 e. The van der Waals surface area contributed by atoms with E-state index in [1.165, 1.54) is 0 Å². The Morgan fingerprint density at radius 3 is 2.67 bits per heavy atom. The second-order valence-electron chi connectivity index (χ2n) is 5.66. The van der Waals surface area contributed by atoms with Crippen molar-refractivity contribution in [1.29, 1.82) is 0 Å². The highest BCUT2D eigenvalue weighted by Crippen LogP contribution is 2.19. The molecule has 24 heavy (non-hydrogen) atoms. The molecule has 0 radical (unpaired) electrons. The van der Waals surface area contributed by atoms with Gasteiger partial charge in [0.05, 0.1) is 13.7 Å². The van der Waals surface area contributed by atoms with Gasteiger partial charge in [-0.25, -0.2) is 0 Å². The van der Waals surface area contributed by atoms with Crippen molar-refractivity contribution in [2.75, 3.05) is 13.7 Å². The molecule has 0 fully saturated rings. The van der Waals surface area contributed by atoms with Gasteiger partial charge in [-0.15, -0.1) is 0 Å². The van der Waals surface area contributed by atoms with Gasteiger partial charge in [-0.1, -0.05) is 24.3 Å². The predicted molar refractivity (Wildman–Crippen MR) is 95.5 cm³/mol. The summed E-state index contributed by atoms with van der Waals surface area (Å²) in [7, 11) is 1.66. The molecule has 1 amide bonds. The molecule has 2 aromatic rings. The lowest BCUT2D eigenvalue weighted by atomic mass is 10.1. The highest BCUT2D eigenvalue weighted by atomic mass is 16.5. The maximum Gasteiger partial charge on any atom is 0.220 e. The zero-order chi connectivity index (χ0) is 17.4. The lowest BCUT2D eigenvalue weighted by molar-refractivity contribution is -0.121. The van der Waals surface area contributed by atoms with Gasteiger partial charge in [0.15, 0.2) is 0 Å². The number of ether oxygens (including phenoxy) is 2. The molecular weight excluding hydrogens is 302 g/mol. The molecule has 0 saturated heterocycles. The first-order valence-corrected chi connectivity index (χ1v) is 8.24. The number of nitrogens with one attached hydrogen (secondary N) is 1. The van der Waals surface area contributed by atoms with Gasteiger partial charge in [0.2, 0.25) is 5.91 Å². The Balaban J connectivity index is 1.81. The van der Waals surface area contributed by atoms with E-state index in [0.29, 0.717) is 19.6 Å². The number of methoxy groups -OCH3 is 1. The van der Waals surface area contributed by atoms with E-state index in [4.69, 9.17) is 9.47 Å². The molecule has 128 valence electrons. The van der Waals surface area contributed by atoms with Crippen molar-refractivity contribution in [3.63, 3.8) is 0 Å². The number of rotatable bonds is 8. The van der Waals surface area contributed by atoms with Gasteiger partial charge in [0.1, 0.15) is 11.5 Å². The van der Waals surface area contributed by atoms with Crippen LogP contribution in [0.25, 0.3) is 0 Å². The van der Waals surface area contributed by atoms with Gasteiger partial charge in [0.25, 0.3) is 0 Å². The van der Waals surface area contributed by atoms with E-state index in [0.717, 1.165) is 34.6 Å². The Labute approximate surface area is 143 Å². The fraction of sp³-hybridized carbons (Fsp3) is 0.350. The summed E-state index contributed by atoms with van der Waals surface area (Å²) < 4.78 is 10.7. The monoisotopic (exact) mass is 327 g/mol. The predicted octanol–water partition coefficient (Wildman–Crippen LogP) is 3.65. The number of carbonyl (C=O) groups is 1. The number of benzene rings is 2. The first kappa shape index (κ1) is 17.9. The van der Waals surface area contributed by atoms with Gasteiger partial charge in [0, 0.05) is 13.0 Å². The highest BCUT2D eigenvalue weighted by Gasteiger charge is 2.05. The molecule has 0 unspecified atom stereocenters. The molecule has 0 aliphatic rings. The van der Waals surface area contributed by atoms with Gasteiger partial charge < -0.3 is 14.8 Å². The van der Waals surface area contributed by atoms with Crippen LogP contribution in [0.1, 0.15) is 30.0 Å². The molecule has 0 bridgehead atoms. The van der Waals surface area contributed by atoms with Crippen LogP contribution in [0, 0.1) is 6.92 Å². The minimum Gasteiger partial charge on any atom is -0.496 e. The SMILES string of the molecule is CCOc1cccc(CNC(=O)CCc2ccc(OC)c(C)c2)c1. The fourth-order valence-corrected chi connectivity index (χ4v) is 2.55. The minimum atomic E-state index is 0.0466. The highest BCUT2D eigenvalue weighted by molar-refractivity contribution is 5.76. The van der Waals surface area contributed by atoms with Crippen molar-refractivity contribution in [3.05, 3.63) is 59.2 Å². The Hall–Kier alpha value is -2.49. The number of hydrogen-bond donors (Lipinski definition) is 1. The topological polar surface area (TPSA) is 47.6 Å². The average molecular weight is 327 g/mol. The van der Waals surface area contributed by atoms with Crippen molar-refractivity contribution in [1.82, 2.24) is 5.32 Å². The van der Waals surface area contributed by atoms with Crippen LogP contribution < -0.4 is 14.8 Å². The van der Waals surface area contributed by atoms with Gasteiger partial charge in [-0.3, -0.25) is 4.79 Å². The molecule has 0 saturated carbocycles. The molecule has 4 nitrogen and oxygen atoms in total. The fourth-order valence-electron chi connectivity index (χ4n) is 2.55. The van der Waals surface area contributed by atoms with Crippen LogP contribution in [0.5, 0.6) is 11.5 Å². The summed E-state index contributed by atoms with van der Waals surface area (Å²) in [5.41, 5.74) is 3.26. The molecule has 0 atom stereocenters. The molecule has 0 heterocycles. The van der Waals surface area contributed by atoms with E-state index in [1.54, 1.807) is 7.11 Å². The van der Waals surface area contributed by atoms with Crippen molar-refractivity contribution in [3.8, 4) is 11.5 Å². The first-order valence-electron chi connectivity index (χ1n) is 8.24. The summed E-state index contributed by atoms with van der Waals surface area (Å²) >= 11 is 0. The number of amides is 1. The number of aryl methyl sites for hydroxylation is 2. The van der Waals surface area contributed by atoms with Crippen LogP contribution in [0.3, 0.4) is 0 Å².